The normalized spacial score (nSPS) is 11.9. The molecule has 0 atom stereocenters. The Bertz CT molecular complexity index is 1560. The van der Waals surface area contributed by atoms with Crippen molar-refractivity contribution < 1.29 is 0 Å². The maximum atomic E-state index is 9.14. The molecule has 0 saturated carbocycles. The van der Waals surface area contributed by atoms with Crippen LogP contribution in [0.1, 0.15) is 92.7 Å². The Morgan fingerprint density at radius 3 is 2.22 bits per heavy atom. The summed E-state index contributed by atoms with van der Waals surface area (Å²) in [4.78, 5) is 0. The van der Waals surface area contributed by atoms with Gasteiger partial charge in [-0.15, -0.1) is 12.3 Å². The zero-order chi connectivity index (χ0) is 34.0. The summed E-state index contributed by atoms with van der Waals surface area (Å²) in [6, 6.07) is 22.3. The van der Waals surface area contributed by atoms with E-state index in [-0.39, 0.29) is 5.41 Å². The van der Waals surface area contributed by atoms with Crippen molar-refractivity contribution in [1.29, 1.82) is 5.26 Å². The average molecular weight is 633 g/mol. The van der Waals surface area contributed by atoms with E-state index >= 15 is 0 Å². The van der Waals surface area contributed by atoms with Crippen LogP contribution in [0, 0.1) is 37.5 Å². The minimum Gasteiger partial charge on any atom is -0.388 e. The molecule has 2 nitrogen and oxygen atoms in total. The smallest absolute Gasteiger partial charge is 0.0991 e. The number of aryl methyl sites for hydroxylation is 3. The van der Waals surface area contributed by atoms with Gasteiger partial charge >= 0.3 is 0 Å². The maximum absolute atomic E-state index is 9.14. The van der Waals surface area contributed by atoms with E-state index in [2.05, 4.69) is 94.7 Å². The van der Waals surface area contributed by atoms with Gasteiger partial charge in [0.25, 0.3) is 0 Å². The van der Waals surface area contributed by atoms with Crippen LogP contribution in [0.25, 0.3) is 5.57 Å². The molecule has 0 radical (unpaired) electrons. The molecule has 0 bridgehead atoms. The number of allylic oxidation sites excluding steroid dienone is 6. The van der Waals surface area contributed by atoms with Gasteiger partial charge in [0, 0.05) is 17.8 Å². The Morgan fingerprint density at radius 1 is 0.913 bits per heavy atom. The van der Waals surface area contributed by atoms with Gasteiger partial charge in [-0.2, -0.15) is 5.26 Å². The molecule has 0 unspecified atom stereocenters. The summed E-state index contributed by atoms with van der Waals surface area (Å²) in [5, 5.41) is 12.9. The molecule has 0 spiro atoms. The molecule has 3 heteroatoms. The Hall–Kier alpha value is -4.02. The van der Waals surface area contributed by atoms with Crippen LogP contribution < -0.4 is 5.32 Å². The lowest BCUT2D eigenvalue weighted by Crippen LogP contribution is -2.22. The summed E-state index contributed by atoms with van der Waals surface area (Å²) >= 11 is 5.79. The van der Waals surface area contributed by atoms with Gasteiger partial charge < -0.3 is 5.32 Å². The summed E-state index contributed by atoms with van der Waals surface area (Å²) in [5.74, 6) is 0. The maximum Gasteiger partial charge on any atom is 0.0991 e. The third-order valence-electron chi connectivity index (χ3n) is 8.57. The molecule has 0 amide bonds. The van der Waals surface area contributed by atoms with Crippen molar-refractivity contribution in [1.82, 2.24) is 0 Å². The number of nitrogens with zero attached hydrogens (tertiary/aromatic N) is 1. The zero-order valence-corrected chi connectivity index (χ0v) is 29.9. The van der Waals surface area contributed by atoms with E-state index in [1.165, 1.54) is 53.5 Å². The van der Waals surface area contributed by atoms with E-state index in [1.54, 1.807) is 0 Å². The summed E-state index contributed by atoms with van der Waals surface area (Å²) in [6.45, 7) is 17.0. The minimum atomic E-state index is 0.193. The van der Waals surface area contributed by atoms with Gasteiger partial charge in [0.2, 0.25) is 0 Å². The van der Waals surface area contributed by atoms with Gasteiger partial charge in [0.1, 0.15) is 0 Å². The molecule has 4 rings (SSSR count). The van der Waals surface area contributed by atoms with E-state index in [1.807, 2.05) is 68.6 Å². The number of benzene rings is 3. The molecule has 3 aromatic rings. The topological polar surface area (TPSA) is 35.8 Å². The predicted molar refractivity (Wildman–Crippen MR) is 203 cm³/mol. The molecular formula is C43H53ClN2. The van der Waals surface area contributed by atoms with Crippen LogP contribution in [0.2, 0.25) is 5.02 Å². The van der Waals surface area contributed by atoms with Crippen molar-refractivity contribution >= 4 is 22.9 Å². The first-order valence-corrected chi connectivity index (χ1v) is 17.0. The molecular weight excluding hydrogens is 580 g/mol. The van der Waals surface area contributed by atoms with Crippen LogP contribution in [0.5, 0.6) is 0 Å². The SMILES string of the molecule is C=CCCC(CCC)(CCC)C1=CC=C(c2cccc(C#N)c2)C=C=C1.CCc1cccc(C)c1C.CNc1cc(C)cc(Cl)c1. The Balaban J connectivity index is 0.000000299. The highest BCUT2D eigenvalue weighted by atomic mass is 35.5. The number of hydrogen-bond donors (Lipinski definition) is 1. The lowest BCUT2D eigenvalue weighted by molar-refractivity contribution is 0.278. The Kier molecular flexibility index (Phi) is 16.7. The Morgan fingerprint density at radius 2 is 1.63 bits per heavy atom. The molecule has 0 heterocycles. The summed E-state index contributed by atoms with van der Waals surface area (Å²) in [6.07, 6.45) is 18.7. The third-order valence-corrected chi connectivity index (χ3v) is 8.79. The van der Waals surface area contributed by atoms with Crippen molar-refractivity contribution in [3.05, 3.63) is 147 Å². The average Bonchev–Trinajstić information content (AvgIpc) is 3.32. The molecule has 46 heavy (non-hydrogen) atoms. The van der Waals surface area contributed by atoms with Crippen LogP contribution in [0.3, 0.4) is 0 Å². The monoisotopic (exact) mass is 632 g/mol. The molecule has 0 saturated heterocycles. The molecule has 0 aliphatic heterocycles. The van der Waals surface area contributed by atoms with Crippen LogP contribution in [0.15, 0.2) is 109 Å². The zero-order valence-electron chi connectivity index (χ0n) is 29.1. The number of halogens is 1. The number of hydrogen-bond acceptors (Lipinski definition) is 2. The highest BCUT2D eigenvalue weighted by Gasteiger charge is 2.30. The molecule has 242 valence electrons. The molecule has 3 aromatic carbocycles. The number of rotatable bonds is 11. The number of nitriles is 1. The van der Waals surface area contributed by atoms with Gasteiger partial charge in [0.15, 0.2) is 0 Å². The van der Waals surface area contributed by atoms with Crippen LogP contribution in [-0.4, -0.2) is 7.05 Å². The van der Waals surface area contributed by atoms with E-state index in [9.17, 15) is 0 Å². The van der Waals surface area contributed by atoms with Gasteiger partial charge in [-0.3, -0.25) is 0 Å². The highest BCUT2D eigenvalue weighted by molar-refractivity contribution is 6.30. The number of anilines is 1. The second kappa shape index (κ2) is 20.2. The van der Waals surface area contributed by atoms with Crippen LogP contribution >= 0.6 is 11.6 Å². The predicted octanol–water partition coefficient (Wildman–Crippen LogP) is 12.7. The van der Waals surface area contributed by atoms with Crippen molar-refractivity contribution in [2.24, 2.45) is 5.41 Å². The fourth-order valence-corrected chi connectivity index (χ4v) is 6.28. The molecule has 1 aliphatic carbocycles. The fourth-order valence-electron chi connectivity index (χ4n) is 5.99. The first-order chi connectivity index (χ1) is 22.2. The summed E-state index contributed by atoms with van der Waals surface area (Å²) < 4.78 is 0. The van der Waals surface area contributed by atoms with E-state index in [0.29, 0.717) is 5.56 Å². The van der Waals surface area contributed by atoms with Gasteiger partial charge in [-0.05, 0) is 140 Å². The minimum absolute atomic E-state index is 0.193. The largest absolute Gasteiger partial charge is 0.388 e. The standard InChI is InChI=1S/C25H29N.C10H14.C8H10ClN/c1-4-7-18-25(16-5-2,17-6-3)24-13-9-11-22(14-15-24)23-12-8-10-21(19-23)20-26;1-4-10-7-5-6-8(2)9(10)3;1-6-3-7(9)5-8(4-6)10-2/h4,8,10-15,19H,1,5-7,16-18H2,2-3H3;5-7H,4H2,1-3H3;3-5,10H,1-2H3. The third kappa shape index (κ3) is 11.7. The van der Waals surface area contributed by atoms with E-state index in [4.69, 9.17) is 16.9 Å². The first kappa shape index (κ1) is 38.2. The Labute approximate surface area is 284 Å². The fraction of sp³-hybridized carbons (Fsp3) is 0.349. The molecule has 0 fully saturated rings. The van der Waals surface area contributed by atoms with Crippen LogP contribution in [0.4, 0.5) is 5.69 Å². The van der Waals surface area contributed by atoms with Crippen molar-refractivity contribution in [3.8, 4) is 6.07 Å². The summed E-state index contributed by atoms with van der Waals surface area (Å²) in [7, 11) is 1.88. The van der Waals surface area contributed by atoms with Crippen LogP contribution in [-0.2, 0) is 6.42 Å². The number of nitrogens with one attached hydrogen (secondary N) is 1. The molecule has 1 N–H and O–H groups in total. The summed E-state index contributed by atoms with van der Waals surface area (Å²) in [5.41, 5.74) is 14.4. The van der Waals surface area contributed by atoms with Gasteiger partial charge in [0.05, 0.1) is 11.6 Å². The van der Waals surface area contributed by atoms with Gasteiger partial charge in [-0.25, -0.2) is 0 Å². The van der Waals surface area contributed by atoms with Crippen molar-refractivity contribution in [3.63, 3.8) is 0 Å². The van der Waals surface area contributed by atoms with Crippen molar-refractivity contribution in [2.75, 3.05) is 12.4 Å². The molecule has 1 aliphatic rings. The lowest BCUT2D eigenvalue weighted by Gasteiger charge is -2.35. The highest BCUT2D eigenvalue weighted by Crippen LogP contribution is 2.43. The van der Waals surface area contributed by atoms with Gasteiger partial charge in [-0.1, -0.05) is 93.8 Å². The second-order valence-corrected chi connectivity index (χ2v) is 12.4. The first-order valence-electron chi connectivity index (χ1n) is 16.6. The van der Waals surface area contributed by atoms with Crippen molar-refractivity contribution in [2.45, 2.75) is 86.5 Å². The van der Waals surface area contributed by atoms with E-state index in [0.717, 1.165) is 41.1 Å². The quantitative estimate of drug-likeness (QED) is 0.169. The molecule has 0 aromatic heterocycles. The second-order valence-electron chi connectivity index (χ2n) is 12.0. The lowest BCUT2D eigenvalue weighted by atomic mass is 9.69. The van der Waals surface area contributed by atoms with E-state index < -0.39 is 0 Å².